The van der Waals surface area contributed by atoms with Gasteiger partial charge < -0.3 is 5.21 Å². The van der Waals surface area contributed by atoms with Gasteiger partial charge in [-0.25, -0.2) is 0 Å². The maximum atomic E-state index is 13.3. The molecular formula is C23H17N3O2. The van der Waals surface area contributed by atoms with E-state index in [9.17, 15) is 4.79 Å². The summed E-state index contributed by atoms with van der Waals surface area (Å²) in [6.45, 7) is 0. The van der Waals surface area contributed by atoms with E-state index in [0.29, 0.717) is 16.7 Å². The molecule has 2 aromatic carbocycles. The fraction of sp³-hybridized carbons (Fsp3) is 0. The number of rotatable bonds is 4. The van der Waals surface area contributed by atoms with Gasteiger partial charge in [-0.3, -0.25) is 14.3 Å². The van der Waals surface area contributed by atoms with Crippen LogP contribution in [-0.4, -0.2) is 21.0 Å². The highest BCUT2D eigenvalue weighted by Crippen LogP contribution is 2.25. The Morgan fingerprint density at radius 3 is 2.39 bits per heavy atom. The third kappa shape index (κ3) is 3.33. The summed E-state index contributed by atoms with van der Waals surface area (Å²) in [5.74, 6) is 0. The van der Waals surface area contributed by atoms with E-state index >= 15 is 0 Å². The quantitative estimate of drug-likeness (QED) is 0.331. The lowest BCUT2D eigenvalue weighted by molar-refractivity contribution is 0.322. The van der Waals surface area contributed by atoms with Crippen LogP contribution in [0.25, 0.3) is 28.1 Å². The van der Waals surface area contributed by atoms with E-state index in [4.69, 9.17) is 5.21 Å². The zero-order valence-corrected chi connectivity index (χ0v) is 14.9. The Bertz CT molecular complexity index is 1180. The van der Waals surface area contributed by atoms with Crippen molar-refractivity contribution in [1.82, 2.24) is 9.55 Å². The summed E-state index contributed by atoms with van der Waals surface area (Å²) in [6, 6.07) is 24.3. The van der Waals surface area contributed by atoms with Gasteiger partial charge in [0.2, 0.25) is 0 Å². The van der Waals surface area contributed by atoms with Crippen LogP contribution in [0.4, 0.5) is 0 Å². The first kappa shape index (κ1) is 17.4. The molecule has 0 amide bonds. The molecule has 4 aromatic rings. The highest BCUT2D eigenvalue weighted by atomic mass is 16.4. The van der Waals surface area contributed by atoms with Crippen molar-refractivity contribution in [3.05, 3.63) is 107 Å². The van der Waals surface area contributed by atoms with Crippen LogP contribution < -0.4 is 5.56 Å². The first-order valence-corrected chi connectivity index (χ1v) is 8.78. The van der Waals surface area contributed by atoms with Gasteiger partial charge in [0, 0.05) is 34.8 Å². The summed E-state index contributed by atoms with van der Waals surface area (Å²) in [6.07, 6.45) is 4.85. The van der Waals surface area contributed by atoms with Crippen LogP contribution in [0.2, 0.25) is 0 Å². The number of benzene rings is 2. The van der Waals surface area contributed by atoms with Crippen LogP contribution in [0.15, 0.2) is 101 Å². The molecule has 0 aliphatic carbocycles. The number of aromatic nitrogens is 2. The number of para-hydroxylation sites is 1. The second-order valence-electron chi connectivity index (χ2n) is 6.20. The van der Waals surface area contributed by atoms with Crippen molar-refractivity contribution in [3.8, 4) is 28.1 Å². The van der Waals surface area contributed by atoms with Crippen molar-refractivity contribution >= 4 is 6.21 Å². The molecule has 2 aromatic heterocycles. The standard InChI is InChI=1S/C23H17N3O2/c27-23-21(20-11-5-4-8-17(20)15-25-28)14-18(22-12-6-7-13-24-22)16-26(23)19-9-2-1-3-10-19/h1-16,28H. The summed E-state index contributed by atoms with van der Waals surface area (Å²) >= 11 is 0. The molecule has 2 heterocycles. The zero-order valence-electron chi connectivity index (χ0n) is 14.9. The minimum Gasteiger partial charge on any atom is -0.411 e. The number of oxime groups is 1. The Balaban J connectivity index is 2.03. The molecule has 0 fully saturated rings. The molecule has 5 nitrogen and oxygen atoms in total. The van der Waals surface area contributed by atoms with Crippen molar-refractivity contribution in [2.24, 2.45) is 5.16 Å². The van der Waals surface area contributed by atoms with E-state index in [1.807, 2.05) is 72.8 Å². The molecule has 0 spiro atoms. The molecule has 5 heteroatoms. The lowest BCUT2D eigenvalue weighted by Gasteiger charge is -2.13. The Hall–Kier alpha value is -3.99. The van der Waals surface area contributed by atoms with Gasteiger partial charge in [-0.1, -0.05) is 53.7 Å². The molecule has 0 radical (unpaired) electrons. The summed E-state index contributed by atoms with van der Waals surface area (Å²) < 4.78 is 1.62. The maximum Gasteiger partial charge on any atom is 0.263 e. The summed E-state index contributed by atoms with van der Waals surface area (Å²) in [7, 11) is 0. The van der Waals surface area contributed by atoms with Gasteiger partial charge in [0.15, 0.2) is 0 Å². The lowest BCUT2D eigenvalue weighted by Crippen LogP contribution is -2.20. The Morgan fingerprint density at radius 2 is 1.64 bits per heavy atom. The normalized spacial score (nSPS) is 11.0. The summed E-state index contributed by atoms with van der Waals surface area (Å²) in [4.78, 5) is 17.8. The van der Waals surface area contributed by atoms with E-state index in [0.717, 1.165) is 16.9 Å². The smallest absolute Gasteiger partial charge is 0.263 e. The first-order chi connectivity index (χ1) is 13.8. The predicted molar refractivity (Wildman–Crippen MR) is 110 cm³/mol. The lowest BCUT2D eigenvalue weighted by atomic mass is 9.99. The average molecular weight is 367 g/mol. The molecule has 0 saturated heterocycles. The van der Waals surface area contributed by atoms with Crippen LogP contribution in [0.1, 0.15) is 5.56 Å². The van der Waals surface area contributed by atoms with Crippen molar-refractivity contribution in [1.29, 1.82) is 0 Å². The summed E-state index contributed by atoms with van der Waals surface area (Å²) in [5, 5.41) is 12.1. The number of nitrogens with zero attached hydrogens (tertiary/aromatic N) is 3. The highest BCUT2D eigenvalue weighted by Gasteiger charge is 2.14. The molecule has 0 bridgehead atoms. The molecule has 1 N–H and O–H groups in total. The third-order valence-electron chi connectivity index (χ3n) is 4.46. The van der Waals surface area contributed by atoms with Crippen LogP contribution in [0.3, 0.4) is 0 Å². The Labute approximate surface area is 161 Å². The van der Waals surface area contributed by atoms with Crippen LogP contribution in [-0.2, 0) is 0 Å². The van der Waals surface area contributed by atoms with Crippen LogP contribution in [0, 0.1) is 0 Å². The van der Waals surface area contributed by atoms with Gasteiger partial charge in [0.25, 0.3) is 5.56 Å². The number of hydrogen-bond donors (Lipinski definition) is 1. The molecule has 0 saturated carbocycles. The number of pyridine rings is 2. The van der Waals surface area contributed by atoms with Gasteiger partial charge in [0.1, 0.15) is 0 Å². The fourth-order valence-corrected chi connectivity index (χ4v) is 3.15. The highest BCUT2D eigenvalue weighted by molar-refractivity contribution is 5.90. The van der Waals surface area contributed by atoms with E-state index in [2.05, 4.69) is 10.1 Å². The van der Waals surface area contributed by atoms with Crippen molar-refractivity contribution in [2.75, 3.05) is 0 Å². The van der Waals surface area contributed by atoms with Gasteiger partial charge >= 0.3 is 0 Å². The molecule has 28 heavy (non-hydrogen) atoms. The maximum absolute atomic E-state index is 13.3. The van der Waals surface area contributed by atoms with Gasteiger partial charge in [-0.15, -0.1) is 0 Å². The minimum absolute atomic E-state index is 0.162. The zero-order chi connectivity index (χ0) is 19.3. The van der Waals surface area contributed by atoms with Crippen LogP contribution >= 0.6 is 0 Å². The van der Waals surface area contributed by atoms with Gasteiger partial charge in [-0.2, -0.15) is 0 Å². The van der Waals surface area contributed by atoms with E-state index in [1.165, 1.54) is 6.21 Å². The predicted octanol–water partition coefficient (Wildman–Crippen LogP) is 4.37. The summed E-state index contributed by atoms with van der Waals surface area (Å²) in [5.41, 5.74) is 4.02. The van der Waals surface area contributed by atoms with Crippen LogP contribution in [0.5, 0.6) is 0 Å². The van der Waals surface area contributed by atoms with Gasteiger partial charge in [-0.05, 0) is 35.9 Å². The van der Waals surface area contributed by atoms with Crippen molar-refractivity contribution < 1.29 is 5.21 Å². The monoisotopic (exact) mass is 367 g/mol. The average Bonchev–Trinajstić information content (AvgIpc) is 2.76. The Kier molecular flexibility index (Phi) is 4.80. The van der Waals surface area contributed by atoms with E-state index in [-0.39, 0.29) is 5.56 Å². The molecule has 4 rings (SSSR count). The molecule has 0 aliphatic rings. The molecule has 0 atom stereocenters. The topological polar surface area (TPSA) is 67.5 Å². The first-order valence-electron chi connectivity index (χ1n) is 8.78. The minimum atomic E-state index is -0.162. The van der Waals surface area contributed by atoms with E-state index < -0.39 is 0 Å². The van der Waals surface area contributed by atoms with Crippen molar-refractivity contribution in [3.63, 3.8) is 0 Å². The fourth-order valence-electron chi connectivity index (χ4n) is 3.15. The van der Waals surface area contributed by atoms with Crippen molar-refractivity contribution in [2.45, 2.75) is 0 Å². The third-order valence-corrected chi connectivity index (χ3v) is 4.46. The second kappa shape index (κ2) is 7.72. The largest absolute Gasteiger partial charge is 0.411 e. The molecule has 0 aliphatic heterocycles. The molecule has 0 unspecified atom stereocenters. The SMILES string of the molecule is O=c1c(-c2ccccc2C=NO)cc(-c2ccccn2)cn1-c1ccccc1. The van der Waals surface area contributed by atoms with E-state index in [1.54, 1.807) is 23.0 Å². The molecule has 136 valence electrons. The number of hydrogen-bond acceptors (Lipinski definition) is 4. The van der Waals surface area contributed by atoms with Gasteiger partial charge in [0.05, 0.1) is 11.9 Å². The second-order valence-corrected chi connectivity index (χ2v) is 6.20. The Morgan fingerprint density at radius 1 is 0.893 bits per heavy atom. The molecular weight excluding hydrogens is 350 g/mol.